The van der Waals surface area contributed by atoms with Crippen molar-refractivity contribution in [1.82, 2.24) is 0 Å². The number of sulfone groups is 1. The van der Waals surface area contributed by atoms with E-state index in [0.29, 0.717) is 0 Å². The molecule has 1 fully saturated rings. The van der Waals surface area contributed by atoms with Crippen molar-refractivity contribution in [3.63, 3.8) is 0 Å². The van der Waals surface area contributed by atoms with Gasteiger partial charge in [0.1, 0.15) is 5.60 Å². The van der Waals surface area contributed by atoms with Crippen molar-refractivity contribution in [3.8, 4) is 5.75 Å². The number of ether oxygens (including phenoxy) is 1. The molecule has 1 aromatic rings. The molecule has 1 heterocycles. The first-order valence-corrected chi connectivity index (χ1v) is 6.95. The van der Waals surface area contributed by atoms with Gasteiger partial charge >= 0.3 is 0 Å². The predicted octanol–water partition coefficient (Wildman–Crippen LogP) is 0.840. The number of hydrogen-bond donors (Lipinski definition) is 1. The molecule has 1 N–H and O–H groups in total. The molecule has 2 rings (SSSR count). The molecule has 17 heavy (non-hydrogen) atoms. The van der Waals surface area contributed by atoms with Gasteiger partial charge in [0.2, 0.25) is 0 Å². The lowest BCUT2D eigenvalue weighted by Crippen LogP contribution is -2.27. The molecule has 1 aliphatic heterocycles. The molecule has 4 nitrogen and oxygen atoms in total. The zero-order valence-electron chi connectivity index (χ0n) is 9.31. The Morgan fingerprint density at radius 2 is 2.18 bits per heavy atom. The summed E-state index contributed by atoms with van der Waals surface area (Å²) in [4.78, 5) is 0. The van der Waals surface area contributed by atoms with Crippen molar-refractivity contribution in [2.75, 3.05) is 18.6 Å². The standard InChI is InChI=1S/C11H13FO4S/c1-16-10-3-2-8(6-9(10)12)11(13)4-5-17(14,15)7-11/h2-3,6,13H,4-5,7H2,1H3. The van der Waals surface area contributed by atoms with E-state index in [-0.39, 0.29) is 29.2 Å². The average molecular weight is 260 g/mol. The Bertz CT molecular complexity index is 540. The summed E-state index contributed by atoms with van der Waals surface area (Å²) in [7, 11) is -1.89. The summed E-state index contributed by atoms with van der Waals surface area (Å²) in [6.45, 7) is 0. The van der Waals surface area contributed by atoms with Gasteiger partial charge in [0, 0.05) is 0 Å². The lowest BCUT2D eigenvalue weighted by atomic mass is 9.93. The van der Waals surface area contributed by atoms with Crippen molar-refractivity contribution in [1.29, 1.82) is 0 Å². The zero-order valence-corrected chi connectivity index (χ0v) is 10.1. The van der Waals surface area contributed by atoms with Crippen LogP contribution in [-0.2, 0) is 15.4 Å². The normalized spacial score (nSPS) is 27.0. The van der Waals surface area contributed by atoms with Gasteiger partial charge in [-0.2, -0.15) is 0 Å². The maximum absolute atomic E-state index is 13.5. The van der Waals surface area contributed by atoms with Gasteiger partial charge in [-0.15, -0.1) is 0 Å². The van der Waals surface area contributed by atoms with E-state index in [1.807, 2.05) is 0 Å². The predicted molar refractivity (Wildman–Crippen MR) is 60.1 cm³/mol. The largest absolute Gasteiger partial charge is 0.494 e. The fourth-order valence-corrected chi connectivity index (χ4v) is 3.85. The minimum Gasteiger partial charge on any atom is -0.494 e. The summed E-state index contributed by atoms with van der Waals surface area (Å²) >= 11 is 0. The molecule has 94 valence electrons. The number of aliphatic hydroxyl groups is 1. The molecule has 1 saturated heterocycles. The Kier molecular flexibility index (Phi) is 2.87. The molecule has 0 amide bonds. The van der Waals surface area contributed by atoms with Crippen LogP contribution in [0, 0.1) is 5.82 Å². The minimum absolute atomic E-state index is 0.0678. The van der Waals surface area contributed by atoms with Crippen molar-refractivity contribution in [2.24, 2.45) is 0 Å². The third kappa shape index (κ3) is 2.28. The van der Waals surface area contributed by atoms with Crippen LogP contribution in [0.5, 0.6) is 5.75 Å². The maximum Gasteiger partial charge on any atom is 0.165 e. The van der Waals surface area contributed by atoms with E-state index in [1.165, 1.54) is 19.2 Å². The van der Waals surface area contributed by atoms with Crippen LogP contribution in [0.4, 0.5) is 4.39 Å². The summed E-state index contributed by atoms with van der Waals surface area (Å²) < 4.78 is 40.9. The van der Waals surface area contributed by atoms with E-state index < -0.39 is 21.3 Å². The van der Waals surface area contributed by atoms with Crippen molar-refractivity contribution < 1.29 is 22.7 Å². The topological polar surface area (TPSA) is 63.6 Å². The van der Waals surface area contributed by atoms with Crippen LogP contribution in [0.3, 0.4) is 0 Å². The first-order chi connectivity index (χ1) is 7.86. The fraction of sp³-hybridized carbons (Fsp3) is 0.455. The molecule has 0 aliphatic carbocycles. The van der Waals surface area contributed by atoms with Crippen molar-refractivity contribution in [3.05, 3.63) is 29.6 Å². The smallest absolute Gasteiger partial charge is 0.165 e. The molecule has 1 atom stereocenters. The van der Waals surface area contributed by atoms with Crippen molar-refractivity contribution >= 4 is 9.84 Å². The molecule has 0 radical (unpaired) electrons. The Morgan fingerprint density at radius 1 is 1.47 bits per heavy atom. The Balaban J connectivity index is 2.38. The molecular weight excluding hydrogens is 247 g/mol. The Morgan fingerprint density at radius 3 is 2.65 bits per heavy atom. The SMILES string of the molecule is COc1ccc(C2(O)CCS(=O)(=O)C2)cc1F. The van der Waals surface area contributed by atoms with E-state index in [1.54, 1.807) is 0 Å². The average Bonchev–Trinajstić information content (AvgIpc) is 2.54. The van der Waals surface area contributed by atoms with Gasteiger partial charge < -0.3 is 9.84 Å². The van der Waals surface area contributed by atoms with E-state index in [9.17, 15) is 17.9 Å². The van der Waals surface area contributed by atoms with Gasteiger partial charge in [0.05, 0.1) is 18.6 Å². The number of hydrogen-bond acceptors (Lipinski definition) is 4. The molecular formula is C11H13FO4S. The van der Waals surface area contributed by atoms with E-state index in [2.05, 4.69) is 0 Å². The van der Waals surface area contributed by atoms with Crippen LogP contribution in [0.15, 0.2) is 18.2 Å². The van der Waals surface area contributed by atoms with E-state index in [4.69, 9.17) is 4.74 Å². The van der Waals surface area contributed by atoms with E-state index >= 15 is 0 Å². The highest BCUT2D eigenvalue weighted by molar-refractivity contribution is 7.91. The van der Waals surface area contributed by atoms with Crippen LogP contribution in [0.25, 0.3) is 0 Å². The van der Waals surface area contributed by atoms with Crippen LogP contribution in [0.1, 0.15) is 12.0 Å². The van der Waals surface area contributed by atoms with E-state index in [0.717, 1.165) is 6.07 Å². The second-order valence-corrected chi connectivity index (χ2v) is 6.41. The second-order valence-electron chi connectivity index (χ2n) is 4.22. The third-order valence-corrected chi connectivity index (χ3v) is 4.72. The lowest BCUT2D eigenvalue weighted by Gasteiger charge is -2.21. The Hall–Kier alpha value is -1.14. The van der Waals surface area contributed by atoms with Crippen LogP contribution >= 0.6 is 0 Å². The molecule has 0 bridgehead atoms. The van der Waals surface area contributed by atoms with Gasteiger partial charge in [0.15, 0.2) is 21.4 Å². The first kappa shape index (κ1) is 12.3. The number of methoxy groups -OCH3 is 1. The van der Waals surface area contributed by atoms with Gasteiger partial charge in [-0.05, 0) is 24.1 Å². The monoisotopic (exact) mass is 260 g/mol. The first-order valence-electron chi connectivity index (χ1n) is 5.13. The highest BCUT2D eigenvalue weighted by Crippen LogP contribution is 2.35. The molecule has 0 aromatic heterocycles. The summed E-state index contributed by atoms with van der Waals surface area (Å²) in [5.41, 5.74) is -1.21. The summed E-state index contributed by atoms with van der Waals surface area (Å²) in [6, 6.07) is 4.00. The third-order valence-electron chi connectivity index (χ3n) is 2.97. The maximum atomic E-state index is 13.5. The lowest BCUT2D eigenvalue weighted by molar-refractivity contribution is 0.0648. The summed E-state index contributed by atoms with van der Waals surface area (Å²) in [5.74, 6) is -0.968. The second kappa shape index (κ2) is 3.96. The van der Waals surface area contributed by atoms with Crippen LogP contribution < -0.4 is 4.74 Å². The number of benzene rings is 1. The number of rotatable bonds is 2. The molecule has 0 saturated carbocycles. The molecule has 0 spiro atoms. The van der Waals surface area contributed by atoms with Gasteiger partial charge in [0.25, 0.3) is 0 Å². The molecule has 1 unspecified atom stereocenters. The van der Waals surface area contributed by atoms with Crippen molar-refractivity contribution in [2.45, 2.75) is 12.0 Å². The zero-order chi connectivity index (χ0) is 12.7. The fourth-order valence-electron chi connectivity index (χ4n) is 2.02. The van der Waals surface area contributed by atoms with Crippen LogP contribution in [0.2, 0.25) is 0 Å². The quantitative estimate of drug-likeness (QED) is 0.856. The van der Waals surface area contributed by atoms with Crippen LogP contribution in [-0.4, -0.2) is 32.1 Å². The number of halogens is 1. The highest BCUT2D eigenvalue weighted by atomic mass is 32.2. The molecule has 6 heteroatoms. The summed E-state index contributed by atoms with van der Waals surface area (Å²) in [5, 5.41) is 10.2. The minimum atomic E-state index is -3.23. The Labute approximate surface area is 98.9 Å². The molecule has 1 aromatic carbocycles. The van der Waals surface area contributed by atoms with Gasteiger partial charge in [-0.25, -0.2) is 12.8 Å². The summed E-state index contributed by atoms with van der Waals surface area (Å²) in [6.07, 6.45) is 0.0983. The highest BCUT2D eigenvalue weighted by Gasteiger charge is 2.42. The van der Waals surface area contributed by atoms with Gasteiger partial charge in [-0.3, -0.25) is 0 Å². The molecule has 1 aliphatic rings. The van der Waals surface area contributed by atoms with Gasteiger partial charge in [-0.1, -0.05) is 6.07 Å².